The van der Waals surface area contributed by atoms with Crippen molar-refractivity contribution >= 4 is 17.8 Å². The second-order valence-corrected chi connectivity index (χ2v) is 11.3. The summed E-state index contributed by atoms with van der Waals surface area (Å²) in [6.07, 6.45) is 37.4. The van der Waals surface area contributed by atoms with Crippen molar-refractivity contribution in [2.24, 2.45) is 0 Å². The molecule has 0 heterocycles. The molecule has 0 bridgehead atoms. The number of hydrogen-bond acceptors (Lipinski definition) is 5. The first-order chi connectivity index (χ1) is 22.4. The van der Waals surface area contributed by atoms with Gasteiger partial charge in [-0.1, -0.05) is 93.7 Å². The first kappa shape index (κ1) is 40.6. The molecule has 256 valence electrons. The molecule has 1 rings (SSSR count). The van der Waals surface area contributed by atoms with E-state index in [1.807, 2.05) is 12.2 Å². The molecule has 0 saturated heterocycles. The van der Waals surface area contributed by atoms with E-state index < -0.39 is 0 Å². The van der Waals surface area contributed by atoms with E-state index in [2.05, 4.69) is 98.2 Å². The van der Waals surface area contributed by atoms with Crippen LogP contribution >= 0.6 is 0 Å². The van der Waals surface area contributed by atoms with Crippen LogP contribution < -0.4 is 10.6 Å². The highest BCUT2D eigenvalue weighted by molar-refractivity contribution is 5.89. The third-order valence-electron chi connectivity index (χ3n) is 7.36. The fourth-order valence-electron chi connectivity index (χ4n) is 4.86. The summed E-state index contributed by atoms with van der Waals surface area (Å²) in [5.41, 5.74) is 0.539. The molecule has 1 aliphatic rings. The number of nitrogens with one attached hydrogen (secondary N) is 2. The Bertz CT molecular complexity index is 1060. The molecule has 2 unspecified atom stereocenters. The van der Waals surface area contributed by atoms with Gasteiger partial charge < -0.3 is 20.1 Å². The third-order valence-corrected chi connectivity index (χ3v) is 7.36. The highest BCUT2D eigenvalue weighted by Gasteiger charge is 2.29. The fraction of sp³-hybridized carbons (Fsp3) is 0.564. The number of amides is 2. The summed E-state index contributed by atoms with van der Waals surface area (Å²) in [7, 11) is 0. The zero-order valence-corrected chi connectivity index (χ0v) is 28.9. The molecule has 0 saturated carbocycles. The fourth-order valence-corrected chi connectivity index (χ4v) is 4.86. The van der Waals surface area contributed by atoms with Gasteiger partial charge in [0.2, 0.25) is 11.8 Å². The Balaban J connectivity index is 2.21. The van der Waals surface area contributed by atoms with Crippen molar-refractivity contribution in [1.29, 1.82) is 0 Å². The maximum absolute atomic E-state index is 12.6. The van der Waals surface area contributed by atoms with Crippen LogP contribution in [0.1, 0.15) is 111 Å². The molecule has 0 radical (unpaired) electrons. The van der Waals surface area contributed by atoms with Gasteiger partial charge in [-0.2, -0.15) is 0 Å². The zero-order valence-electron chi connectivity index (χ0n) is 28.9. The monoisotopic (exact) mass is 636 g/mol. The second kappa shape index (κ2) is 27.8. The van der Waals surface area contributed by atoms with Crippen LogP contribution in [0.25, 0.3) is 0 Å². The van der Waals surface area contributed by atoms with Gasteiger partial charge in [-0.3, -0.25) is 9.59 Å². The molecule has 7 heteroatoms. The smallest absolute Gasteiger partial charge is 0.333 e. The van der Waals surface area contributed by atoms with E-state index in [1.165, 1.54) is 0 Å². The highest BCUT2D eigenvalue weighted by Crippen LogP contribution is 2.24. The quantitative estimate of drug-likeness (QED) is 0.0821. The molecule has 1 aliphatic carbocycles. The van der Waals surface area contributed by atoms with Crippen molar-refractivity contribution in [3.05, 3.63) is 84.6 Å². The average molecular weight is 637 g/mol. The van der Waals surface area contributed by atoms with E-state index in [0.717, 1.165) is 51.4 Å². The summed E-state index contributed by atoms with van der Waals surface area (Å²) >= 11 is 0. The van der Waals surface area contributed by atoms with E-state index in [0.29, 0.717) is 37.9 Å². The van der Waals surface area contributed by atoms with Gasteiger partial charge in [0.15, 0.2) is 0 Å². The summed E-state index contributed by atoms with van der Waals surface area (Å²) in [5.74, 6) is -0.594. The Labute approximate surface area is 279 Å². The second-order valence-electron chi connectivity index (χ2n) is 11.3. The normalized spacial score (nSPS) is 17.4. The first-order valence-electron chi connectivity index (χ1n) is 17.4. The maximum Gasteiger partial charge on any atom is 0.333 e. The van der Waals surface area contributed by atoms with Gasteiger partial charge in [-0.15, -0.1) is 0 Å². The predicted molar refractivity (Wildman–Crippen MR) is 190 cm³/mol. The molecule has 0 aliphatic heterocycles. The molecule has 0 aromatic rings. The van der Waals surface area contributed by atoms with Crippen LogP contribution in [0.4, 0.5) is 0 Å². The van der Waals surface area contributed by atoms with Crippen molar-refractivity contribution in [1.82, 2.24) is 10.6 Å². The van der Waals surface area contributed by atoms with Crippen molar-refractivity contribution in [2.75, 3.05) is 13.2 Å². The average Bonchev–Trinajstić information content (AvgIpc) is 3.04. The van der Waals surface area contributed by atoms with Crippen LogP contribution in [0, 0.1) is 0 Å². The van der Waals surface area contributed by atoms with Crippen LogP contribution in [-0.4, -0.2) is 49.2 Å². The Morgan fingerprint density at radius 3 is 1.83 bits per heavy atom. The minimum atomic E-state index is -0.362. The molecule has 0 aromatic carbocycles. The molecule has 46 heavy (non-hydrogen) atoms. The standard InChI is InChI=1S/C39H60N2O5/c1-5-9-10-11-12-13-14-15-16-17-18-19-20-21-22-23-24-25-26-27-37(42)40-29-28-38(43)41-34-30-33(39(44)45-8-4)31-36(32-34)46-35(6-2)7-3/h9-10,12-13,15-16,18-19,21-22,24-25,31,34-36H,5-8,11,14,17,20,23,26-30,32H2,1-4H3,(H,40,42)(H,41,43)/b10-9-,13-12-,16-15-,19-18-,22-21-,25-24-. The largest absolute Gasteiger partial charge is 0.463 e. The molecule has 7 nitrogen and oxygen atoms in total. The number of ether oxygens (including phenoxy) is 2. The Kier molecular flexibility index (Phi) is 24.5. The number of hydrogen-bond donors (Lipinski definition) is 2. The minimum Gasteiger partial charge on any atom is -0.463 e. The van der Waals surface area contributed by atoms with Gasteiger partial charge in [-0.05, 0) is 83.6 Å². The molecule has 2 atom stereocenters. The summed E-state index contributed by atoms with van der Waals surface area (Å²) in [6.45, 7) is 8.64. The van der Waals surface area contributed by atoms with E-state index in [1.54, 1.807) is 6.92 Å². The van der Waals surface area contributed by atoms with Gasteiger partial charge >= 0.3 is 5.97 Å². The SMILES string of the molecule is CC/C=C\C/C=C\C/C=C\C/C=C\C/C=C\C/C=C\CCC(=O)NCCC(=O)NC1CC(C(=O)OCC)=CC(OC(CC)CC)C1. The van der Waals surface area contributed by atoms with Crippen molar-refractivity contribution in [2.45, 2.75) is 129 Å². The Hall–Kier alpha value is -3.45. The number of esters is 1. The molecule has 0 fully saturated rings. The van der Waals surface area contributed by atoms with Crippen LogP contribution in [-0.2, 0) is 23.9 Å². The van der Waals surface area contributed by atoms with Gasteiger partial charge in [-0.25, -0.2) is 4.79 Å². The minimum absolute atomic E-state index is 0.0730. The van der Waals surface area contributed by atoms with Crippen LogP contribution in [0.15, 0.2) is 84.6 Å². The predicted octanol–water partition coefficient (Wildman–Crippen LogP) is 8.31. The van der Waals surface area contributed by atoms with E-state index in [4.69, 9.17) is 9.47 Å². The maximum atomic E-state index is 12.6. The Morgan fingerprint density at radius 1 is 0.761 bits per heavy atom. The number of carbonyl (C=O) groups excluding carboxylic acids is 3. The van der Waals surface area contributed by atoms with Gasteiger partial charge in [0.1, 0.15) is 0 Å². The summed E-state index contributed by atoms with van der Waals surface area (Å²) in [5, 5.41) is 5.85. The van der Waals surface area contributed by atoms with E-state index >= 15 is 0 Å². The van der Waals surface area contributed by atoms with Gasteiger partial charge in [0.25, 0.3) is 0 Å². The lowest BCUT2D eigenvalue weighted by atomic mass is 9.92. The lowest BCUT2D eigenvalue weighted by molar-refractivity contribution is -0.139. The van der Waals surface area contributed by atoms with Gasteiger partial charge in [0.05, 0.1) is 18.8 Å². The summed E-state index contributed by atoms with van der Waals surface area (Å²) < 4.78 is 11.4. The zero-order chi connectivity index (χ0) is 33.7. The van der Waals surface area contributed by atoms with E-state index in [9.17, 15) is 14.4 Å². The van der Waals surface area contributed by atoms with E-state index in [-0.39, 0.29) is 49.0 Å². The highest BCUT2D eigenvalue weighted by atomic mass is 16.5. The first-order valence-corrected chi connectivity index (χ1v) is 17.4. The summed E-state index contributed by atoms with van der Waals surface area (Å²) in [4.78, 5) is 37.2. The van der Waals surface area contributed by atoms with Gasteiger partial charge in [0, 0.05) is 31.0 Å². The summed E-state index contributed by atoms with van der Waals surface area (Å²) in [6, 6.07) is -0.222. The van der Waals surface area contributed by atoms with Crippen molar-refractivity contribution in [3.63, 3.8) is 0 Å². The lowest BCUT2D eigenvalue weighted by Crippen LogP contribution is -2.42. The number of carbonyl (C=O) groups is 3. The molecular weight excluding hydrogens is 576 g/mol. The van der Waals surface area contributed by atoms with Crippen LogP contribution in [0.2, 0.25) is 0 Å². The van der Waals surface area contributed by atoms with Crippen LogP contribution in [0.5, 0.6) is 0 Å². The van der Waals surface area contributed by atoms with Crippen molar-refractivity contribution < 1.29 is 23.9 Å². The third kappa shape index (κ3) is 21.3. The van der Waals surface area contributed by atoms with Crippen LogP contribution in [0.3, 0.4) is 0 Å². The Morgan fingerprint density at radius 2 is 1.30 bits per heavy atom. The van der Waals surface area contributed by atoms with Crippen molar-refractivity contribution in [3.8, 4) is 0 Å². The topological polar surface area (TPSA) is 93.7 Å². The molecule has 0 spiro atoms. The lowest BCUT2D eigenvalue weighted by Gasteiger charge is -2.31. The molecular formula is C39H60N2O5. The number of rotatable bonds is 24. The molecule has 0 aromatic heterocycles. The molecule has 2 amide bonds. The number of allylic oxidation sites excluding steroid dienone is 12. The molecule has 2 N–H and O–H groups in total.